The number of methoxy groups -OCH3 is 1. The van der Waals surface area contributed by atoms with E-state index < -0.39 is 0 Å². The Kier molecular flexibility index (Phi) is 4.50. The monoisotopic (exact) mass is 343 g/mol. The number of nitrogens with zero attached hydrogens (tertiary/aromatic N) is 3. The summed E-state index contributed by atoms with van der Waals surface area (Å²) in [6.45, 7) is 2.01. The Morgan fingerprint density at radius 1 is 1.04 bits per heavy atom. The molecule has 1 aliphatic heterocycles. The maximum atomic E-state index is 5.76. The molecule has 0 spiro atoms. The van der Waals surface area contributed by atoms with Gasteiger partial charge >= 0.3 is 0 Å². The molecule has 0 radical (unpaired) electrons. The lowest BCUT2D eigenvalue weighted by molar-refractivity contribution is 0.108. The number of rotatable bonds is 3. The summed E-state index contributed by atoms with van der Waals surface area (Å²) in [5.41, 5.74) is 5.17. The largest absolute Gasteiger partial charge is 0.376 e. The van der Waals surface area contributed by atoms with E-state index in [-0.39, 0.29) is 6.10 Å². The summed E-state index contributed by atoms with van der Waals surface area (Å²) >= 11 is 0. The molecule has 3 aromatic rings. The van der Waals surface area contributed by atoms with Gasteiger partial charge in [-0.05, 0) is 37.3 Å². The summed E-state index contributed by atoms with van der Waals surface area (Å²) in [6.07, 6.45) is 2.56. The van der Waals surface area contributed by atoms with Gasteiger partial charge in [-0.3, -0.25) is 9.88 Å². The fourth-order valence-electron chi connectivity index (χ4n) is 3.33. The molecule has 2 heterocycles. The third kappa shape index (κ3) is 3.11. The van der Waals surface area contributed by atoms with Crippen LogP contribution < -0.4 is 4.90 Å². The number of fused-ring (bicyclic) bond motifs is 1. The predicted molar refractivity (Wildman–Crippen MR) is 105 cm³/mol. The third-order valence-electron chi connectivity index (χ3n) is 4.58. The van der Waals surface area contributed by atoms with Crippen LogP contribution in [0.2, 0.25) is 0 Å². The minimum absolute atomic E-state index is 0.0551. The van der Waals surface area contributed by atoms with Crippen molar-refractivity contribution in [2.24, 2.45) is 4.99 Å². The molecule has 0 N–H and O–H groups in total. The first kappa shape index (κ1) is 16.5. The SMILES string of the molecule is COC1CC(=Nc2ccccc2)N(c2ccccc2)c2cc(C)ncc21. The highest BCUT2D eigenvalue weighted by Crippen LogP contribution is 2.41. The third-order valence-corrected chi connectivity index (χ3v) is 4.58. The molecule has 2 aromatic carbocycles. The number of aryl methyl sites for hydroxylation is 1. The molecule has 0 saturated heterocycles. The maximum Gasteiger partial charge on any atom is 0.117 e. The number of ether oxygens (including phenoxy) is 1. The van der Waals surface area contributed by atoms with Gasteiger partial charge in [0.15, 0.2) is 0 Å². The van der Waals surface area contributed by atoms with Crippen LogP contribution in [0.3, 0.4) is 0 Å². The van der Waals surface area contributed by atoms with Gasteiger partial charge < -0.3 is 4.74 Å². The molecular weight excluding hydrogens is 322 g/mol. The molecule has 1 aliphatic rings. The first-order chi connectivity index (χ1) is 12.8. The summed E-state index contributed by atoms with van der Waals surface area (Å²) < 4.78 is 5.76. The average Bonchev–Trinajstić information content (AvgIpc) is 2.68. The van der Waals surface area contributed by atoms with Crippen LogP contribution in [0.25, 0.3) is 0 Å². The molecule has 0 bridgehead atoms. The molecular formula is C22H21N3O. The van der Waals surface area contributed by atoms with Crippen molar-refractivity contribution in [1.82, 2.24) is 4.98 Å². The van der Waals surface area contributed by atoms with Gasteiger partial charge in [0, 0.05) is 36.7 Å². The number of aromatic nitrogens is 1. The average molecular weight is 343 g/mol. The Bertz CT molecular complexity index is 923. The second kappa shape index (κ2) is 7.10. The molecule has 4 rings (SSSR count). The molecule has 1 unspecified atom stereocenters. The van der Waals surface area contributed by atoms with E-state index in [1.54, 1.807) is 7.11 Å². The van der Waals surface area contributed by atoms with Gasteiger partial charge in [-0.25, -0.2) is 4.99 Å². The molecule has 1 aromatic heterocycles. The van der Waals surface area contributed by atoms with Gasteiger partial charge in [-0.15, -0.1) is 0 Å². The van der Waals surface area contributed by atoms with Gasteiger partial charge in [0.2, 0.25) is 0 Å². The highest BCUT2D eigenvalue weighted by molar-refractivity contribution is 6.07. The number of amidine groups is 1. The van der Waals surface area contributed by atoms with Crippen molar-refractivity contribution in [3.63, 3.8) is 0 Å². The highest BCUT2D eigenvalue weighted by Gasteiger charge is 2.31. The summed E-state index contributed by atoms with van der Waals surface area (Å²) in [5.74, 6) is 0.965. The smallest absolute Gasteiger partial charge is 0.117 e. The molecule has 0 saturated carbocycles. The van der Waals surface area contributed by atoms with Gasteiger partial charge in [0.1, 0.15) is 5.84 Å². The van der Waals surface area contributed by atoms with Crippen molar-refractivity contribution < 1.29 is 4.74 Å². The first-order valence-corrected chi connectivity index (χ1v) is 8.73. The molecule has 4 nitrogen and oxygen atoms in total. The maximum absolute atomic E-state index is 5.76. The van der Waals surface area contributed by atoms with Crippen LogP contribution in [0, 0.1) is 6.92 Å². The number of para-hydroxylation sites is 2. The second-order valence-electron chi connectivity index (χ2n) is 6.35. The Hall–Kier alpha value is -2.98. The van der Waals surface area contributed by atoms with E-state index >= 15 is 0 Å². The minimum atomic E-state index is -0.0551. The zero-order valence-corrected chi connectivity index (χ0v) is 15.0. The minimum Gasteiger partial charge on any atom is -0.376 e. The lowest BCUT2D eigenvalue weighted by Crippen LogP contribution is -2.33. The number of benzene rings is 2. The van der Waals surface area contributed by atoms with Gasteiger partial charge in [0.25, 0.3) is 0 Å². The number of aliphatic imine (C=N–C) groups is 1. The standard InChI is InChI=1S/C22H21N3O/c1-16-13-20-19(15-23-16)21(26-2)14-22(24-17-9-5-3-6-10-17)25(20)18-11-7-4-8-12-18/h3-13,15,21H,14H2,1-2H3. The molecule has 0 aliphatic carbocycles. The van der Waals surface area contributed by atoms with Crippen molar-refractivity contribution in [1.29, 1.82) is 0 Å². The van der Waals surface area contributed by atoms with Crippen LogP contribution in [0.1, 0.15) is 23.8 Å². The normalized spacial score (nSPS) is 18.0. The van der Waals surface area contributed by atoms with Crippen molar-refractivity contribution in [3.8, 4) is 0 Å². The van der Waals surface area contributed by atoms with Gasteiger partial charge in [-0.2, -0.15) is 0 Å². The second-order valence-corrected chi connectivity index (χ2v) is 6.35. The predicted octanol–water partition coefficient (Wildman–Crippen LogP) is 5.35. The molecule has 0 fully saturated rings. The van der Waals surface area contributed by atoms with E-state index in [2.05, 4.69) is 28.1 Å². The lowest BCUT2D eigenvalue weighted by atomic mass is 9.98. The quantitative estimate of drug-likeness (QED) is 0.643. The molecule has 130 valence electrons. The van der Waals surface area contributed by atoms with Crippen molar-refractivity contribution in [3.05, 3.63) is 84.2 Å². The Morgan fingerprint density at radius 3 is 2.42 bits per heavy atom. The summed E-state index contributed by atoms with van der Waals surface area (Å²) in [6, 6.07) is 22.5. The molecule has 4 heteroatoms. The first-order valence-electron chi connectivity index (χ1n) is 8.73. The van der Waals surface area contributed by atoms with Crippen LogP contribution in [-0.2, 0) is 4.74 Å². The van der Waals surface area contributed by atoms with E-state index in [4.69, 9.17) is 9.73 Å². The van der Waals surface area contributed by atoms with Crippen LogP contribution >= 0.6 is 0 Å². The molecule has 1 atom stereocenters. The van der Waals surface area contributed by atoms with Crippen LogP contribution in [-0.4, -0.2) is 17.9 Å². The van der Waals surface area contributed by atoms with E-state index in [1.807, 2.05) is 61.7 Å². The highest BCUT2D eigenvalue weighted by atomic mass is 16.5. The fourth-order valence-corrected chi connectivity index (χ4v) is 3.33. The summed E-state index contributed by atoms with van der Waals surface area (Å²) in [7, 11) is 1.74. The topological polar surface area (TPSA) is 37.7 Å². The Balaban J connectivity index is 1.91. The number of hydrogen-bond donors (Lipinski definition) is 0. The Morgan fingerprint density at radius 2 is 1.73 bits per heavy atom. The fraction of sp³-hybridized carbons (Fsp3) is 0.182. The van der Waals surface area contributed by atoms with Crippen molar-refractivity contribution in [2.45, 2.75) is 19.4 Å². The van der Waals surface area contributed by atoms with Gasteiger partial charge in [-0.1, -0.05) is 36.4 Å². The van der Waals surface area contributed by atoms with Crippen LogP contribution in [0.5, 0.6) is 0 Å². The van der Waals surface area contributed by atoms with Crippen molar-refractivity contribution in [2.75, 3.05) is 12.0 Å². The van der Waals surface area contributed by atoms with E-state index in [9.17, 15) is 0 Å². The molecule has 0 amide bonds. The zero-order chi connectivity index (χ0) is 17.9. The van der Waals surface area contributed by atoms with E-state index in [1.165, 1.54) is 0 Å². The Labute approximate surface area is 153 Å². The van der Waals surface area contributed by atoms with E-state index in [0.717, 1.165) is 34.2 Å². The summed E-state index contributed by atoms with van der Waals surface area (Å²) in [4.78, 5) is 11.6. The van der Waals surface area contributed by atoms with E-state index in [0.29, 0.717) is 6.42 Å². The zero-order valence-electron chi connectivity index (χ0n) is 15.0. The number of hydrogen-bond acceptors (Lipinski definition) is 3. The van der Waals surface area contributed by atoms with Crippen LogP contribution in [0.4, 0.5) is 17.1 Å². The summed E-state index contributed by atoms with van der Waals surface area (Å²) in [5, 5.41) is 0. The van der Waals surface area contributed by atoms with Crippen molar-refractivity contribution >= 4 is 22.9 Å². The number of anilines is 2. The molecule has 26 heavy (non-hydrogen) atoms. The number of pyridine rings is 1. The lowest BCUT2D eigenvalue weighted by Gasteiger charge is -2.36. The van der Waals surface area contributed by atoms with Gasteiger partial charge in [0.05, 0.1) is 17.5 Å². The van der Waals surface area contributed by atoms with Crippen LogP contribution in [0.15, 0.2) is 77.9 Å².